The van der Waals surface area contributed by atoms with Gasteiger partial charge < -0.3 is 5.32 Å². The first kappa shape index (κ1) is 20.5. The Labute approximate surface area is 185 Å². The predicted molar refractivity (Wildman–Crippen MR) is 121 cm³/mol. The molecular formula is C25H21FN2O3S. The Balaban J connectivity index is 1.38. The van der Waals surface area contributed by atoms with E-state index in [-0.39, 0.29) is 23.2 Å². The Morgan fingerprint density at radius 2 is 1.66 bits per heavy atom. The third kappa shape index (κ3) is 3.80. The van der Waals surface area contributed by atoms with E-state index in [0.717, 1.165) is 29.4 Å². The van der Waals surface area contributed by atoms with Crippen LogP contribution in [0.1, 0.15) is 40.2 Å². The van der Waals surface area contributed by atoms with Gasteiger partial charge in [-0.05, 0) is 72.4 Å². The number of carbonyl (C=O) groups excluding carboxylic acids is 1. The van der Waals surface area contributed by atoms with Crippen LogP contribution < -0.4 is 5.32 Å². The molecule has 0 radical (unpaired) electrons. The average molecular weight is 449 g/mol. The van der Waals surface area contributed by atoms with Gasteiger partial charge in [0.05, 0.1) is 10.4 Å². The van der Waals surface area contributed by atoms with Crippen LogP contribution in [0, 0.1) is 5.82 Å². The molecule has 4 aromatic rings. The first-order valence-electron chi connectivity index (χ1n) is 10.4. The molecule has 0 unspecified atom stereocenters. The number of nitrogens with one attached hydrogen (secondary N) is 1. The fraction of sp³-hybridized carbons (Fsp3) is 0.160. The number of para-hydroxylation sites is 1. The summed E-state index contributed by atoms with van der Waals surface area (Å²) >= 11 is 0. The van der Waals surface area contributed by atoms with E-state index in [2.05, 4.69) is 5.32 Å². The lowest BCUT2D eigenvalue weighted by atomic mass is 10.1. The number of hydrogen-bond acceptors (Lipinski definition) is 3. The van der Waals surface area contributed by atoms with Crippen LogP contribution in [0.15, 0.2) is 83.9 Å². The zero-order chi connectivity index (χ0) is 22.3. The van der Waals surface area contributed by atoms with Crippen molar-refractivity contribution in [3.8, 4) is 0 Å². The van der Waals surface area contributed by atoms with Crippen molar-refractivity contribution in [3.05, 3.63) is 102 Å². The highest BCUT2D eigenvalue weighted by molar-refractivity contribution is 7.90. The largest absolute Gasteiger partial charge is 0.348 e. The van der Waals surface area contributed by atoms with Crippen molar-refractivity contribution in [2.24, 2.45) is 0 Å². The number of fused-ring (bicyclic) bond motifs is 1. The highest BCUT2D eigenvalue weighted by Gasteiger charge is 2.30. The molecule has 7 heteroatoms. The monoisotopic (exact) mass is 448 g/mol. The summed E-state index contributed by atoms with van der Waals surface area (Å²) in [5, 5.41) is 3.72. The summed E-state index contributed by atoms with van der Waals surface area (Å²) in [4.78, 5) is 12.6. The van der Waals surface area contributed by atoms with E-state index in [1.54, 1.807) is 18.3 Å². The molecule has 1 N–H and O–H groups in total. The Kier molecular flexibility index (Phi) is 5.06. The molecule has 0 aliphatic heterocycles. The van der Waals surface area contributed by atoms with Gasteiger partial charge in [-0.15, -0.1) is 0 Å². The lowest BCUT2D eigenvalue weighted by Crippen LogP contribution is -2.22. The second-order valence-corrected chi connectivity index (χ2v) is 9.83. The number of rotatable bonds is 6. The molecule has 0 spiro atoms. The third-order valence-corrected chi connectivity index (χ3v) is 7.45. The zero-order valence-corrected chi connectivity index (χ0v) is 18.0. The summed E-state index contributed by atoms with van der Waals surface area (Å²) < 4.78 is 41.1. The van der Waals surface area contributed by atoms with Crippen molar-refractivity contribution in [1.29, 1.82) is 0 Å². The van der Waals surface area contributed by atoms with Gasteiger partial charge in [-0.2, -0.15) is 0 Å². The lowest BCUT2D eigenvalue weighted by Gasteiger charge is -2.09. The maximum Gasteiger partial charge on any atom is 0.268 e. The number of hydrogen-bond donors (Lipinski definition) is 1. The van der Waals surface area contributed by atoms with E-state index in [4.69, 9.17) is 0 Å². The third-order valence-electron chi connectivity index (χ3n) is 5.77. The first-order chi connectivity index (χ1) is 15.4. The minimum atomic E-state index is -3.80. The number of nitrogens with zero attached hydrogens (tertiary/aromatic N) is 1. The van der Waals surface area contributed by atoms with Gasteiger partial charge in [0.25, 0.3) is 15.9 Å². The smallest absolute Gasteiger partial charge is 0.268 e. The van der Waals surface area contributed by atoms with Gasteiger partial charge in [0.15, 0.2) is 0 Å². The molecule has 1 aliphatic carbocycles. The molecular weight excluding hydrogens is 427 g/mol. The number of halogens is 1. The van der Waals surface area contributed by atoms with Gasteiger partial charge in [-0.3, -0.25) is 4.79 Å². The van der Waals surface area contributed by atoms with E-state index in [0.29, 0.717) is 17.0 Å². The summed E-state index contributed by atoms with van der Waals surface area (Å²) in [5.41, 5.74) is 2.85. The van der Waals surface area contributed by atoms with E-state index in [9.17, 15) is 17.6 Å². The molecule has 1 amide bonds. The van der Waals surface area contributed by atoms with Crippen molar-refractivity contribution in [2.75, 3.05) is 0 Å². The van der Waals surface area contributed by atoms with Gasteiger partial charge >= 0.3 is 0 Å². The van der Waals surface area contributed by atoms with E-state index in [1.807, 2.05) is 24.3 Å². The number of benzene rings is 3. The molecule has 5 rings (SSSR count). The second kappa shape index (κ2) is 7.91. The number of carbonyl (C=O) groups is 1. The van der Waals surface area contributed by atoms with E-state index in [1.165, 1.54) is 40.4 Å². The standard InChI is InChI=1S/C25H21FN2O3S/c26-20-11-5-17(6-12-20)15-27-25(29)19-9-13-21(14-10-19)32(30,31)28-16-23(18-7-8-18)22-3-1-2-4-24(22)28/h1-6,9-14,16,18H,7-8,15H2,(H,27,29). The molecule has 162 valence electrons. The van der Waals surface area contributed by atoms with Crippen LogP contribution in [-0.4, -0.2) is 18.3 Å². The maximum atomic E-state index is 13.4. The summed E-state index contributed by atoms with van der Waals surface area (Å²) in [6.07, 6.45) is 3.90. The summed E-state index contributed by atoms with van der Waals surface area (Å²) in [5.74, 6) is -0.249. The molecule has 1 aliphatic rings. The quantitative estimate of drug-likeness (QED) is 0.460. The van der Waals surface area contributed by atoms with Crippen molar-refractivity contribution in [2.45, 2.75) is 30.2 Å². The van der Waals surface area contributed by atoms with Crippen molar-refractivity contribution in [1.82, 2.24) is 9.29 Å². The molecule has 5 nitrogen and oxygen atoms in total. The van der Waals surface area contributed by atoms with E-state index >= 15 is 0 Å². The van der Waals surface area contributed by atoms with Crippen molar-refractivity contribution >= 4 is 26.8 Å². The minimum Gasteiger partial charge on any atom is -0.348 e. The Morgan fingerprint density at radius 1 is 0.969 bits per heavy atom. The fourth-order valence-electron chi connectivity index (χ4n) is 3.87. The maximum absolute atomic E-state index is 13.4. The second-order valence-electron chi connectivity index (χ2n) is 8.01. The Morgan fingerprint density at radius 3 is 2.34 bits per heavy atom. The number of aromatic nitrogens is 1. The van der Waals surface area contributed by atoms with Crippen LogP contribution >= 0.6 is 0 Å². The predicted octanol–water partition coefficient (Wildman–Crippen LogP) is 4.82. The average Bonchev–Trinajstić information content (AvgIpc) is 3.58. The van der Waals surface area contributed by atoms with Gasteiger partial charge in [-0.1, -0.05) is 30.3 Å². The Bertz CT molecular complexity index is 1400. The van der Waals surface area contributed by atoms with Gasteiger partial charge in [0, 0.05) is 23.7 Å². The van der Waals surface area contributed by atoms with Crippen LogP contribution in [0.2, 0.25) is 0 Å². The molecule has 1 saturated carbocycles. The Hall–Kier alpha value is -3.45. The fourth-order valence-corrected chi connectivity index (χ4v) is 5.25. The molecule has 1 fully saturated rings. The van der Waals surface area contributed by atoms with Gasteiger partial charge in [0.2, 0.25) is 0 Å². The minimum absolute atomic E-state index is 0.121. The summed E-state index contributed by atoms with van der Waals surface area (Å²) in [7, 11) is -3.80. The van der Waals surface area contributed by atoms with Crippen LogP contribution in [0.3, 0.4) is 0 Å². The first-order valence-corrected chi connectivity index (χ1v) is 11.9. The normalized spacial score (nSPS) is 13.9. The molecule has 1 aromatic heterocycles. The summed E-state index contributed by atoms with van der Waals surface area (Å²) in [6.45, 7) is 0.248. The molecule has 32 heavy (non-hydrogen) atoms. The van der Waals surface area contributed by atoms with Gasteiger partial charge in [-0.25, -0.2) is 16.8 Å². The molecule has 0 atom stereocenters. The van der Waals surface area contributed by atoms with Crippen LogP contribution in [-0.2, 0) is 16.6 Å². The molecule has 1 heterocycles. The van der Waals surface area contributed by atoms with Crippen LogP contribution in [0.5, 0.6) is 0 Å². The molecule has 0 saturated heterocycles. The highest BCUT2D eigenvalue weighted by atomic mass is 32.2. The number of amides is 1. The van der Waals surface area contributed by atoms with Crippen molar-refractivity contribution in [3.63, 3.8) is 0 Å². The summed E-state index contributed by atoms with van der Waals surface area (Å²) in [6, 6.07) is 19.3. The van der Waals surface area contributed by atoms with Crippen LogP contribution in [0.25, 0.3) is 10.9 Å². The molecule has 0 bridgehead atoms. The van der Waals surface area contributed by atoms with Crippen molar-refractivity contribution < 1.29 is 17.6 Å². The topological polar surface area (TPSA) is 68.2 Å². The lowest BCUT2D eigenvalue weighted by molar-refractivity contribution is 0.0951. The molecule has 3 aromatic carbocycles. The zero-order valence-electron chi connectivity index (χ0n) is 17.2. The van der Waals surface area contributed by atoms with Crippen LogP contribution in [0.4, 0.5) is 4.39 Å². The SMILES string of the molecule is O=C(NCc1ccc(F)cc1)c1ccc(S(=O)(=O)n2cc(C3CC3)c3ccccc32)cc1. The van der Waals surface area contributed by atoms with Gasteiger partial charge in [0.1, 0.15) is 5.82 Å². The highest BCUT2D eigenvalue weighted by Crippen LogP contribution is 2.44. The van der Waals surface area contributed by atoms with E-state index < -0.39 is 10.0 Å².